The lowest BCUT2D eigenvalue weighted by molar-refractivity contribution is -0.132. The van der Waals surface area contributed by atoms with Gasteiger partial charge < -0.3 is 14.6 Å². The van der Waals surface area contributed by atoms with Gasteiger partial charge in [-0.05, 0) is 37.8 Å². The molecule has 1 N–H and O–H groups in total. The van der Waals surface area contributed by atoms with Crippen molar-refractivity contribution in [1.29, 1.82) is 0 Å². The lowest BCUT2D eigenvalue weighted by atomic mass is 10.0. The first-order chi connectivity index (χ1) is 14.0. The van der Waals surface area contributed by atoms with Crippen molar-refractivity contribution in [3.05, 3.63) is 40.5 Å². The Morgan fingerprint density at radius 2 is 2.21 bits per heavy atom. The molecule has 0 aliphatic carbocycles. The minimum absolute atomic E-state index is 0.0193. The number of halogens is 2. The minimum Gasteiger partial charge on any atom is -0.414 e. The van der Waals surface area contributed by atoms with E-state index in [-0.39, 0.29) is 39.9 Å². The number of rotatable bonds is 7. The molecule has 156 valence electrons. The largest absolute Gasteiger partial charge is 0.414 e. The van der Waals surface area contributed by atoms with Crippen molar-refractivity contribution in [2.24, 2.45) is 0 Å². The Bertz CT molecular complexity index is 859. The van der Waals surface area contributed by atoms with Gasteiger partial charge in [-0.2, -0.15) is 0 Å². The Kier molecular flexibility index (Phi) is 7.49. The molecule has 1 aliphatic heterocycles. The standard InChI is InChI=1S/C19H22ClFN4O3S/c1-2-12-6-3-4-9-25(12)16(26)11-29-19-24-23-15(28-19)10-22-18(27)17-13(20)7-5-8-14(17)21/h5,7-8,12H,2-4,6,9-11H2,1H3,(H,22,27)/t12-/m1/s1. The average Bonchev–Trinajstić information content (AvgIpc) is 3.18. The highest BCUT2D eigenvalue weighted by molar-refractivity contribution is 7.99. The number of nitrogens with zero attached hydrogens (tertiary/aromatic N) is 3. The molecule has 1 fully saturated rings. The molecule has 1 atom stereocenters. The summed E-state index contributed by atoms with van der Waals surface area (Å²) in [6.07, 6.45) is 4.19. The molecular weight excluding hydrogens is 419 g/mol. The third-order valence-corrected chi connectivity index (χ3v) is 5.89. The quantitative estimate of drug-likeness (QED) is 0.661. The van der Waals surface area contributed by atoms with Crippen LogP contribution in [-0.4, -0.2) is 45.3 Å². The van der Waals surface area contributed by atoms with Gasteiger partial charge in [0, 0.05) is 12.6 Å². The van der Waals surface area contributed by atoms with Crippen LogP contribution >= 0.6 is 23.4 Å². The minimum atomic E-state index is -0.710. The molecule has 0 spiro atoms. The van der Waals surface area contributed by atoms with Gasteiger partial charge in [0.1, 0.15) is 5.82 Å². The van der Waals surface area contributed by atoms with Crippen molar-refractivity contribution in [1.82, 2.24) is 20.4 Å². The number of amides is 2. The zero-order valence-electron chi connectivity index (χ0n) is 16.0. The number of hydrogen-bond acceptors (Lipinski definition) is 6. The Hall–Kier alpha value is -2.13. The normalized spacial score (nSPS) is 16.7. The number of piperidine rings is 1. The van der Waals surface area contributed by atoms with Gasteiger partial charge in [0.15, 0.2) is 0 Å². The second-order valence-corrected chi connectivity index (χ2v) is 8.01. The Morgan fingerprint density at radius 1 is 1.38 bits per heavy atom. The molecule has 0 unspecified atom stereocenters. The third-order valence-electron chi connectivity index (χ3n) is 4.78. The molecule has 3 rings (SSSR count). The number of likely N-dealkylation sites (tertiary alicyclic amines) is 1. The first-order valence-corrected chi connectivity index (χ1v) is 10.8. The van der Waals surface area contributed by atoms with E-state index in [1.807, 2.05) is 4.90 Å². The van der Waals surface area contributed by atoms with Crippen LogP contribution in [0.4, 0.5) is 4.39 Å². The predicted molar refractivity (Wildman–Crippen MR) is 107 cm³/mol. The van der Waals surface area contributed by atoms with Crippen LogP contribution in [0, 0.1) is 5.82 Å². The summed E-state index contributed by atoms with van der Waals surface area (Å²) >= 11 is 7.04. The molecule has 1 aromatic heterocycles. The first kappa shape index (κ1) is 21.6. The van der Waals surface area contributed by atoms with Crippen molar-refractivity contribution in [2.75, 3.05) is 12.3 Å². The van der Waals surface area contributed by atoms with E-state index in [0.29, 0.717) is 6.04 Å². The van der Waals surface area contributed by atoms with Gasteiger partial charge in [-0.3, -0.25) is 9.59 Å². The maximum absolute atomic E-state index is 13.8. The van der Waals surface area contributed by atoms with E-state index in [1.54, 1.807) is 0 Å². The van der Waals surface area contributed by atoms with E-state index < -0.39 is 11.7 Å². The third kappa shape index (κ3) is 5.48. The van der Waals surface area contributed by atoms with E-state index in [2.05, 4.69) is 22.4 Å². The molecule has 1 aliphatic rings. The SMILES string of the molecule is CC[C@@H]1CCCCN1C(=O)CSc1nnc(CNC(=O)c2c(F)cccc2Cl)o1. The van der Waals surface area contributed by atoms with Crippen LogP contribution in [0.5, 0.6) is 0 Å². The maximum atomic E-state index is 13.8. The van der Waals surface area contributed by atoms with E-state index in [4.69, 9.17) is 16.0 Å². The second kappa shape index (κ2) is 10.1. The molecule has 1 saturated heterocycles. The number of aromatic nitrogens is 2. The number of carbonyl (C=O) groups is 2. The number of benzene rings is 1. The average molecular weight is 441 g/mol. The molecular formula is C19H22ClFN4O3S. The number of thioether (sulfide) groups is 1. The van der Waals surface area contributed by atoms with Crippen LogP contribution in [-0.2, 0) is 11.3 Å². The molecule has 29 heavy (non-hydrogen) atoms. The summed E-state index contributed by atoms with van der Waals surface area (Å²) < 4.78 is 19.2. The van der Waals surface area contributed by atoms with Gasteiger partial charge in [-0.25, -0.2) is 4.39 Å². The molecule has 2 heterocycles. The summed E-state index contributed by atoms with van der Waals surface area (Å²) in [6, 6.07) is 4.31. The van der Waals surface area contributed by atoms with Gasteiger partial charge in [-0.15, -0.1) is 10.2 Å². The van der Waals surface area contributed by atoms with Crippen molar-refractivity contribution >= 4 is 35.2 Å². The highest BCUT2D eigenvalue weighted by Crippen LogP contribution is 2.23. The Balaban J connectivity index is 1.50. The zero-order chi connectivity index (χ0) is 20.8. The number of hydrogen-bond donors (Lipinski definition) is 1. The molecule has 1 aromatic carbocycles. The molecule has 10 heteroatoms. The summed E-state index contributed by atoms with van der Waals surface area (Å²) in [4.78, 5) is 26.6. The predicted octanol–water partition coefficient (Wildman–Crippen LogP) is 3.68. The molecule has 7 nitrogen and oxygen atoms in total. The summed E-state index contributed by atoms with van der Waals surface area (Å²) in [6.45, 7) is 2.81. The van der Waals surface area contributed by atoms with Crippen LogP contribution in [0.3, 0.4) is 0 Å². The lowest BCUT2D eigenvalue weighted by Crippen LogP contribution is -2.44. The van der Waals surface area contributed by atoms with E-state index in [0.717, 1.165) is 38.3 Å². The Labute approximate surface area is 177 Å². The van der Waals surface area contributed by atoms with Crippen molar-refractivity contribution in [2.45, 2.75) is 50.4 Å². The lowest BCUT2D eigenvalue weighted by Gasteiger charge is -2.35. The van der Waals surface area contributed by atoms with Crippen LogP contribution < -0.4 is 5.32 Å². The smallest absolute Gasteiger partial charge is 0.277 e. The maximum Gasteiger partial charge on any atom is 0.277 e. The van der Waals surface area contributed by atoms with E-state index in [1.165, 1.54) is 23.9 Å². The summed E-state index contributed by atoms with van der Waals surface area (Å²) in [7, 11) is 0. The monoisotopic (exact) mass is 440 g/mol. The molecule has 2 amide bonds. The van der Waals surface area contributed by atoms with Crippen LogP contribution in [0.2, 0.25) is 5.02 Å². The molecule has 0 saturated carbocycles. The fourth-order valence-electron chi connectivity index (χ4n) is 3.29. The molecule has 2 aromatic rings. The molecule has 0 radical (unpaired) electrons. The fraction of sp³-hybridized carbons (Fsp3) is 0.474. The number of nitrogens with one attached hydrogen (secondary N) is 1. The van der Waals surface area contributed by atoms with E-state index in [9.17, 15) is 14.0 Å². The van der Waals surface area contributed by atoms with Crippen LogP contribution in [0.25, 0.3) is 0 Å². The van der Waals surface area contributed by atoms with Gasteiger partial charge in [0.25, 0.3) is 11.1 Å². The Morgan fingerprint density at radius 3 is 2.97 bits per heavy atom. The summed E-state index contributed by atoms with van der Waals surface area (Å²) in [5.41, 5.74) is -0.235. The molecule has 0 bridgehead atoms. The van der Waals surface area contributed by atoms with Gasteiger partial charge in [-0.1, -0.05) is 36.4 Å². The van der Waals surface area contributed by atoms with E-state index >= 15 is 0 Å². The topological polar surface area (TPSA) is 88.3 Å². The zero-order valence-corrected chi connectivity index (χ0v) is 17.6. The van der Waals surface area contributed by atoms with Gasteiger partial charge >= 0.3 is 0 Å². The van der Waals surface area contributed by atoms with Crippen molar-refractivity contribution < 1.29 is 18.4 Å². The van der Waals surface area contributed by atoms with Crippen molar-refractivity contribution in [3.63, 3.8) is 0 Å². The summed E-state index contributed by atoms with van der Waals surface area (Å²) in [5, 5.41) is 10.5. The highest BCUT2D eigenvalue weighted by atomic mass is 35.5. The second-order valence-electron chi connectivity index (χ2n) is 6.67. The summed E-state index contributed by atoms with van der Waals surface area (Å²) in [5.74, 6) is -0.950. The fourth-order valence-corrected chi connectivity index (χ4v) is 4.20. The highest BCUT2D eigenvalue weighted by Gasteiger charge is 2.25. The van der Waals surface area contributed by atoms with Gasteiger partial charge in [0.05, 0.1) is 22.9 Å². The van der Waals surface area contributed by atoms with Crippen LogP contribution in [0.15, 0.2) is 27.8 Å². The van der Waals surface area contributed by atoms with Crippen molar-refractivity contribution in [3.8, 4) is 0 Å². The number of carbonyl (C=O) groups excluding carboxylic acids is 2. The van der Waals surface area contributed by atoms with Crippen LogP contribution in [0.1, 0.15) is 48.9 Å². The first-order valence-electron chi connectivity index (χ1n) is 9.46. The van der Waals surface area contributed by atoms with Gasteiger partial charge in [0.2, 0.25) is 11.8 Å².